The van der Waals surface area contributed by atoms with Crippen LogP contribution in [0, 0.1) is 6.08 Å². The van der Waals surface area contributed by atoms with Crippen LogP contribution in [0.3, 0.4) is 0 Å². The molecule has 0 fully saturated rings. The van der Waals surface area contributed by atoms with Crippen LogP contribution in [0.2, 0.25) is 0 Å². The van der Waals surface area contributed by atoms with Gasteiger partial charge in [0, 0.05) is 126 Å². The van der Waals surface area contributed by atoms with Gasteiger partial charge in [0.05, 0.1) is 0 Å². The van der Waals surface area contributed by atoms with E-state index in [2.05, 4.69) is 23.0 Å². The fourth-order valence-electron chi connectivity index (χ4n) is 0.394. The SMILES string of the molecule is C[C-]=C(O[C-]=O)C([N]=[W])=N[N]=[W].[W].[W].[W].[W].[W].[W]. The van der Waals surface area contributed by atoms with Crippen LogP contribution in [0.1, 0.15) is 6.92 Å². The molecule has 0 spiro atoms. The molecular formula is C5H3N3O2W8-2. The molecule has 0 aromatic carbocycles. The largest absolute Gasteiger partial charge is 0 e. The van der Waals surface area contributed by atoms with Gasteiger partial charge in [-0.2, -0.15) is 0 Å². The maximum Gasteiger partial charge on any atom is 0 e. The molecule has 0 atom stereocenters. The van der Waals surface area contributed by atoms with E-state index < -0.39 is 0 Å². The zero-order chi connectivity index (χ0) is 9.40. The number of rotatable bonds is 4. The molecule has 0 aromatic heterocycles. The number of carbonyl (C=O) groups excluding carboxylic acids is 1. The molecule has 0 heterocycles. The first-order valence-electron chi connectivity index (χ1n) is 2.62. The second-order valence-electron chi connectivity index (χ2n) is 1.36. The third-order valence-electron chi connectivity index (χ3n) is 0.796. The van der Waals surface area contributed by atoms with Gasteiger partial charge in [-0.05, 0) is 0 Å². The smallest absolute Gasteiger partial charge is 0 e. The summed E-state index contributed by atoms with van der Waals surface area (Å²) in [5.41, 5.74) is 0. The molecule has 0 radical (unpaired) electrons. The summed E-state index contributed by atoms with van der Waals surface area (Å²) in [4.78, 5) is 9.88. The van der Waals surface area contributed by atoms with Crippen LogP contribution in [0.25, 0.3) is 0 Å². The van der Waals surface area contributed by atoms with Crippen molar-refractivity contribution in [3.05, 3.63) is 11.8 Å². The molecule has 0 unspecified atom stereocenters. The van der Waals surface area contributed by atoms with Crippen molar-refractivity contribution >= 4 is 12.3 Å². The van der Waals surface area contributed by atoms with Crippen molar-refractivity contribution in [3.63, 3.8) is 0 Å². The van der Waals surface area contributed by atoms with Gasteiger partial charge < -0.3 is 0 Å². The second-order valence-corrected chi connectivity index (χ2v) is 2.60. The van der Waals surface area contributed by atoms with Crippen molar-refractivity contribution in [2.75, 3.05) is 0 Å². The first-order chi connectivity index (χ1) is 5.79. The van der Waals surface area contributed by atoms with Crippen molar-refractivity contribution in [3.8, 4) is 0 Å². The number of amidine groups is 1. The number of hydrogen-bond donors (Lipinski definition) is 0. The molecule has 0 N–H and O–H groups in total. The number of ether oxygens (including phenoxy) is 1. The molecular weight excluding hydrogens is 1600 g/mol. The summed E-state index contributed by atoms with van der Waals surface area (Å²) in [5, 5.41) is 3.66. The summed E-state index contributed by atoms with van der Waals surface area (Å²) < 4.78 is 11.8. The minimum Gasteiger partial charge on any atom is 0 e. The van der Waals surface area contributed by atoms with Crippen molar-refractivity contribution in [1.82, 2.24) is 0 Å². The molecule has 18 heavy (non-hydrogen) atoms. The topological polar surface area (TPSA) is 63.4 Å². The molecule has 0 aromatic rings. The zero-order valence-corrected chi connectivity index (χ0v) is 31.9. The predicted molar refractivity (Wildman–Crippen MR) is 31.5 cm³/mol. The van der Waals surface area contributed by atoms with Gasteiger partial charge >= 0.3 is 92.1 Å². The minimum atomic E-state index is 0. The Labute approximate surface area is 214 Å². The summed E-state index contributed by atoms with van der Waals surface area (Å²) in [7, 11) is 0. The summed E-state index contributed by atoms with van der Waals surface area (Å²) in [6, 6.07) is 0. The van der Waals surface area contributed by atoms with Gasteiger partial charge in [-0.3, -0.25) is 0 Å². The van der Waals surface area contributed by atoms with Crippen LogP contribution in [-0.4, -0.2) is 12.3 Å². The van der Waals surface area contributed by atoms with Crippen LogP contribution >= 0.6 is 0 Å². The van der Waals surface area contributed by atoms with Gasteiger partial charge in [-0.1, -0.05) is 0 Å². The van der Waals surface area contributed by atoms with Crippen LogP contribution in [0.15, 0.2) is 18.0 Å². The molecule has 0 aliphatic heterocycles. The fourth-order valence-corrected chi connectivity index (χ4v) is 1.10. The molecule has 0 rings (SSSR count). The standard InChI is InChI=1S/C5H3N3O2.8W/c1-2-4(10-3-9)5(6)8-7;;;;;;;;/h1H3;;;;;;;;/q-2;;;;;;;;. The monoisotopic (exact) mass is 1610 g/mol. The van der Waals surface area contributed by atoms with E-state index in [1.807, 2.05) is 0 Å². The molecule has 0 saturated carbocycles. The van der Waals surface area contributed by atoms with Crippen molar-refractivity contribution in [2.24, 2.45) is 12.2 Å². The molecule has 0 aliphatic carbocycles. The normalized spacial score (nSPS) is 8.06. The van der Waals surface area contributed by atoms with E-state index in [9.17, 15) is 4.79 Å². The molecule has 13 heteroatoms. The summed E-state index contributed by atoms with van der Waals surface area (Å²) in [6.07, 6.45) is 2.61. The van der Waals surface area contributed by atoms with Crippen LogP contribution in [-0.2, 0) is 175 Å². The number of nitrogens with zero attached hydrogens (tertiary/aromatic N) is 3. The van der Waals surface area contributed by atoms with Crippen LogP contribution in [0.4, 0.5) is 0 Å². The fraction of sp³-hybridized carbons (Fsp3) is 0.200. The zero-order valence-electron chi connectivity index (χ0n) is 8.42. The van der Waals surface area contributed by atoms with Gasteiger partial charge in [0.25, 0.3) is 0 Å². The quantitative estimate of drug-likeness (QED) is 0.136. The third-order valence-corrected chi connectivity index (χ3v) is 1.71. The maximum absolute atomic E-state index is 9.88. The molecule has 100 valence electrons. The maximum atomic E-state index is 9.88. The molecule has 0 amide bonds. The predicted octanol–water partition coefficient (Wildman–Crippen LogP) is 0.536. The van der Waals surface area contributed by atoms with Crippen LogP contribution in [0.5, 0.6) is 0 Å². The summed E-state index contributed by atoms with van der Waals surface area (Å²) in [6.45, 7) is 2.86. The van der Waals surface area contributed by atoms with Gasteiger partial charge in [-0.15, -0.1) is 0 Å². The first kappa shape index (κ1) is 43.1. The Morgan fingerprint density at radius 2 is 1.50 bits per heavy atom. The first-order valence-corrected chi connectivity index (χ1v) is 5.25. The molecule has 5 nitrogen and oxygen atoms in total. The minimum absolute atomic E-state index is 0. The molecule has 0 aliphatic rings. The van der Waals surface area contributed by atoms with Crippen molar-refractivity contribution in [1.29, 1.82) is 0 Å². The number of allylic oxidation sites excluding steroid dienone is 1. The molecule has 0 bridgehead atoms. The average Bonchev–Trinajstić information content (AvgIpc) is 2.11. The Bertz CT molecular complexity index is 259. The third kappa shape index (κ3) is 22.3. The van der Waals surface area contributed by atoms with E-state index >= 15 is 0 Å². The van der Waals surface area contributed by atoms with E-state index in [4.69, 9.17) is 0 Å². The Morgan fingerprint density at radius 3 is 1.72 bits per heavy atom. The summed E-state index contributed by atoms with van der Waals surface area (Å²) in [5.74, 6) is 0.427. The van der Waals surface area contributed by atoms with E-state index in [1.54, 1.807) is 6.92 Å². The average molecular weight is 1610 g/mol. The summed E-state index contributed by atoms with van der Waals surface area (Å²) >= 11 is 1.90. The van der Waals surface area contributed by atoms with Gasteiger partial charge in [-0.25, -0.2) is 0 Å². The Hall–Kier alpha value is 3.99. The van der Waals surface area contributed by atoms with Crippen LogP contribution < -0.4 is 0 Å². The van der Waals surface area contributed by atoms with E-state index in [0.29, 0.717) is 0 Å². The van der Waals surface area contributed by atoms with E-state index in [1.165, 1.54) is 6.47 Å². The molecule has 0 saturated heterocycles. The van der Waals surface area contributed by atoms with E-state index in [-0.39, 0.29) is 138 Å². The van der Waals surface area contributed by atoms with Crippen molar-refractivity contribution < 1.29 is 175 Å². The Kier molecular flexibility index (Phi) is 78.6. The van der Waals surface area contributed by atoms with Gasteiger partial charge in [0.2, 0.25) is 0 Å². The van der Waals surface area contributed by atoms with Gasteiger partial charge in [0.15, 0.2) is 0 Å². The van der Waals surface area contributed by atoms with Gasteiger partial charge in [0.1, 0.15) is 0 Å². The van der Waals surface area contributed by atoms with Crippen molar-refractivity contribution in [2.45, 2.75) is 6.92 Å². The second kappa shape index (κ2) is 32.8. The Morgan fingerprint density at radius 1 is 1.06 bits per heavy atom. The number of hydrogen-bond acceptors (Lipinski definition) is 4. The van der Waals surface area contributed by atoms with E-state index in [0.717, 1.165) is 39.3 Å². The Balaban J connectivity index is -0.0000000403.